The van der Waals surface area contributed by atoms with E-state index < -0.39 is 24.2 Å². The predicted octanol–water partition coefficient (Wildman–Crippen LogP) is 2.14. The third-order valence-corrected chi connectivity index (χ3v) is 7.67. The molecule has 0 fully saturated rings. The molecule has 0 unspecified atom stereocenters. The minimum absolute atomic E-state index is 0.0418. The van der Waals surface area contributed by atoms with Crippen molar-refractivity contribution >= 4 is 40.7 Å². The van der Waals surface area contributed by atoms with Crippen LogP contribution in [-0.4, -0.2) is 99.1 Å². The summed E-state index contributed by atoms with van der Waals surface area (Å²) in [4.78, 5) is 39.5. The van der Waals surface area contributed by atoms with Gasteiger partial charge in [0.15, 0.2) is 11.5 Å². The lowest BCUT2D eigenvalue weighted by molar-refractivity contribution is -0.139. The van der Waals surface area contributed by atoms with Crippen molar-refractivity contribution in [3.8, 4) is 17.2 Å². The zero-order chi connectivity index (χ0) is 30.6. The summed E-state index contributed by atoms with van der Waals surface area (Å²) < 4.78 is 22.7. The van der Waals surface area contributed by atoms with Crippen molar-refractivity contribution in [1.29, 1.82) is 0 Å². The first-order valence-electron chi connectivity index (χ1n) is 13.4. The predicted molar refractivity (Wildman–Crippen MR) is 163 cm³/mol. The molecule has 2 amide bonds. The molecule has 0 bridgehead atoms. The first-order chi connectivity index (χ1) is 20.3. The van der Waals surface area contributed by atoms with Gasteiger partial charge in [-0.05, 0) is 64.9 Å². The standard InChI is InChI=1S/C30H37IN2O9/c1-39-12-8-27(36)33(10-7-19-5-4-6-22(13-19)40-2)24-16-21(30(38)32-9-11-34)17-25(28(24)37)42-29-23(31)14-20(18-35)15-26(29)41-3/h4-6,13-15,17-18,24-25,28,34,37H,7-12,16H2,1-3H3,(H,32,38)/t24-,25+,28+/m1/s1. The highest BCUT2D eigenvalue weighted by Gasteiger charge is 2.40. The molecule has 3 rings (SSSR count). The second-order valence-electron chi connectivity index (χ2n) is 9.60. The molecule has 0 heterocycles. The number of hydrogen-bond donors (Lipinski definition) is 3. The fourth-order valence-electron chi connectivity index (χ4n) is 4.72. The Morgan fingerprint density at radius 3 is 2.62 bits per heavy atom. The fraction of sp³-hybridized carbons (Fsp3) is 0.433. The molecule has 0 saturated heterocycles. The number of nitrogens with zero attached hydrogens (tertiary/aromatic N) is 1. The summed E-state index contributed by atoms with van der Waals surface area (Å²) >= 11 is 2.01. The molecule has 2 aromatic rings. The van der Waals surface area contributed by atoms with Crippen LogP contribution in [0, 0.1) is 3.57 Å². The van der Waals surface area contributed by atoms with Crippen LogP contribution in [0.1, 0.15) is 28.8 Å². The number of amides is 2. The first-order valence-corrected chi connectivity index (χ1v) is 14.5. The maximum absolute atomic E-state index is 13.5. The number of benzene rings is 2. The molecular weight excluding hydrogens is 659 g/mol. The molecule has 0 saturated carbocycles. The lowest BCUT2D eigenvalue weighted by atomic mass is 9.87. The van der Waals surface area contributed by atoms with Gasteiger partial charge >= 0.3 is 0 Å². The van der Waals surface area contributed by atoms with Crippen LogP contribution >= 0.6 is 22.6 Å². The number of rotatable bonds is 15. The van der Waals surface area contributed by atoms with Crippen molar-refractivity contribution in [2.75, 3.05) is 47.6 Å². The van der Waals surface area contributed by atoms with Crippen LogP contribution in [0.5, 0.6) is 17.2 Å². The van der Waals surface area contributed by atoms with Crippen LogP contribution in [0.15, 0.2) is 48.0 Å². The summed E-state index contributed by atoms with van der Waals surface area (Å²) in [5, 5.41) is 23.5. The molecule has 1 aliphatic carbocycles. The summed E-state index contributed by atoms with van der Waals surface area (Å²) in [6, 6.07) is 9.82. The summed E-state index contributed by atoms with van der Waals surface area (Å²) in [5.41, 5.74) is 1.62. The number of nitrogens with one attached hydrogen (secondary N) is 1. The van der Waals surface area contributed by atoms with Gasteiger partial charge < -0.3 is 39.4 Å². The van der Waals surface area contributed by atoms with E-state index in [2.05, 4.69) is 5.32 Å². The van der Waals surface area contributed by atoms with Gasteiger partial charge in [0.1, 0.15) is 24.2 Å². The molecule has 0 radical (unpaired) electrons. The average molecular weight is 697 g/mol. The Morgan fingerprint density at radius 2 is 1.95 bits per heavy atom. The van der Waals surface area contributed by atoms with Crippen LogP contribution in [0.4, 0.5) is 0 Å². The van der Waals surface area contributed by atoms with Crippen molar-refractivity contribution in [2.45, 2.75) is 37.5 Å². The number of ether oxygens (including phenoxy) is 4. The second kappa shape index (κ2) is 16.4. The molecule has 1 aliphatic rings. The van der Waals surface area contributed by atoms with E-state index in [1.807, 2.05) is 46.9 Å². The Hall–Kier alpha value is -3.20. The number of aliphatic hydroxyl groups is 2. The van der Waals surface area contributed by atoms with E-state index >= 15 is 0 Å². The number of methoxy groups -OCH3 is 3. The third kappa shape index (κ3) is 8.66. The Balaban J connectivity index is 1.99. The van der Waals surface area contributed by atoms with Crippen LogP contribution in [0.25, 0.3) is 0 Å². The SMILES string of the molecule is COCCC(=O)N(CCc1cccc(OC)c1)[C@@H]1CC(C(=O)NCCO)=C[C@H](Oc2c(I)cc(C=O)cc2OC)[C@H]1O. The lowest BCUT2D eigenvalue weighted by Gasteiger charge is -2.40. The first kappa shape index (κ1) is 33.3. The third-order valence-electron chi connectivity index (χ3n) is 6.87. The molecule has 11 nitrogen and oxygen atoms in total. The Labute approximate surface area is 258 Å². The minimum atomic E-state index is -1.22. The number of aldehydes is 1. The smallest absolute Gasteiger partial charge is 0.247 e. The van der Waals surface area contributed by atoms with E-state index in [-0.39, 0.29) is 56.6 Å². The van der Waals surface area contributed by atoms with E-state index in [4.69, 9.17) is 18.9 Å². The van der Waals surface area contributed by atoms with Gasteiger partial charge in [0.25, 0.3) is 0 Å². The Morgan fingerprint density at radius 1 is 1.17 bits per heavy atom. The van der Waals surface area contributed by atoms with Crippen molar-refractivity contribution in [3.05, 3.63) is 62.7 Å². The monoisotopic (exact) mass is 696 g/mol. The molecule has 0 aliphatic heterocycles. The average Bonchev–Trinajstić information content (AvgIpc) is 3.00. The number of carbonyl (C=O) groups excluding carboxylic acids is 3. The molecule has 12 heteroatoms. The second-order valence-corrected chi connectivity index (χ2v) is 10.8. The van der Waals surface area contributed by atoms with Crippen molar-refractivity contribution < 1.29 is 43.5 Å². The number of hydrogen-bond acceptors (Lipinski definition) is 9. The van der Waals surface area contributed by atoms with E-state index in [0.717, 1.165) is 5.56 Å². The van der Waals surface area contributed by atoms with E-state index in [9.17, 15) is 24.6 Å². The molecule has 228 valence electrons. The number of aliphatic hydroxyl groups excluding tert-OH is 2. The summed E-state index contributed by atoms with van der Waals surface area (Å²) in [6.45, 7) is 0.242. The highest BCUT2D eigenvalue weighted by molar-refractivity contribution is 14.1. The number of carbonyl (C=O) groups is 3. The van der Waals surface area contributed by atoms with Gasteiger partial charge in [-0.15, -0.1) is 0 Å². The van der Waals surface area contributed by atoms with Gasteiger partial charge in [0.2, 0.25) is 11.8 Å². The van der Waals surface area contributed by atoms with Gasteiger partial charge in [-0.3, -0.25) is 14.4 Å². The van der Waals surface area contributed by atoms with E-state index in [1.165, 1.54) is 26.4 Å². The van der Waals surface area contributed by atoms with Crippen molar-refractivity contribution in [3.63, 3.8) is 0 Å². The lowest BCUT2D eigenvalue weighted by Crippen LogP contribution is -2.55. The molecule has 3 atom stereocenters. The molecule has 0 aromatic heterocycles. The maximum Gasteiger partial charge on any atom is 0.247 e. The summed E-state index contributed by atoms with van der Waals surface area (Å²) in [6.07, 6.45) is 0.566. The highest BCUT2D eigenvalue weighted by Crippen LogP contribution is 2.37. The van der Waals surface area contributed by atoms with E-state index in [1.54, 1.807) is 18.1 Å². The van der Waals surface area contributed by atoms with Gasteiger partial charge in [-0.1, -0.05) is 12.1 Å². The van der Waals surface area contributed by atoms with Crippen LogP contribution in [-0.2, 0) is 20.7 Å². The van der Waals surface area contributed by atoms with E-state index in [0.29, 0.717) is 33.2 Å². The summed E-state index contributed by atoms with van der Waals surface area (Å²) in [7, 11) is 4.52. The normalized spacial score (nSPS) is 18.0. The molecule has 42 heavy (non-hydrogen) atoms. The maximum atomic E-state index is 13.5. The topological polar surface area (TPSA) is 144 Å². The van der Waals surface area contributed by atoms with Gasteiger partial charge in [0.05, 0.1) is 43.5 Å². The highest BCUT2D eigenvalue weighted by atomic mass is 127. The number of halogens is 1. The van der Waals surface area contributed by atoms with Crippen LogP contribution in [0.2, 0.25) is 0 Å². The molecular formula is C30H37IN2O9. The van der Waals surface area contributed by atoms with Gasteiger partial charge in [-0.25, -0.2) is 0 Å². The zero-order valence-corrected chi connectivity index (χ0v) is 26.0. The van der Waals surface area contributed by atoms with Crippen LogP contribution in [0.3, 0.4) is 0 Å². The van der Waals surface area contributed by atoms with Crippen LogP contribution < -0.4 is 19.5 Å². The molecule has 3 N–H and O–H groups in total. The minimum Gasteiger partial charge on any atom is -0.497 e. The fourth-order valence-corrected chi connectivity index (χ4v) is 5.48. The largest absolute Gasteiger partial charge is 0.497 e. The zero-order valence-electron chi connectivity index (χ0n) is 23.9. The Kier molecular flexibility index (Phi) is 13.0. The van der Waals surface area contributed by atoms with Gasteiger partial charge in [0, 0.05) is 37.8 Å². The summed E-state index contributed by atoms with van der Waals surface area (Å²) in [5.74, 6) is 0.565. The van der Waals surface area contributed by atoms with Crippen molar-refractivity contribution in [1.82, 2.24) is 10.2 Å². The molecule has 2 aromatic carbocycles. The Bertz CT molecular complexity index is 1270. The molecule has 0 spiro atoms. The quantitative estimate of drug-likeness (QED) is 0.189. The van der Waals surface area contributed by atoms with Gasteiger partial charge in [-0.2, -0.15) is 0 Å². The van der Waals surface area contributed by atoms with Crippen molar-refractivity contribution in [2.24, 2.45) is 0 Å².